The third-order valence-corrected chi connectivity index (χ3v) is 5.10. The molecule has 0 aliphatic heterocycles. The zero-order chi connectivity index (χ0) is 16.5. The van der Waals surface area contributed by atoms with E-state index >= 15 is 0 Å². The molecular formula is C17H25NO4. The molecule has 0 radical (unpaired) electrons. The van der Waals surface area contributed by atoms with Gasteiger partial charge in [0.1, 0.15) is 5.78 Å². The Labute approximate surface area is 131 Å². The molecule has 0 heterocycles. The van der Waals surface area contributed by atoms with E-state index in [0.717, 1.165) is 0 Å². The van der Waals surface area contributed by atoms with Gasteiger partial charge in [-0.05, 0) is 25.2 Å². The summed E-state index contributed by atoms with van der Waals surface area (Å²) in [6.45, 7) is 3.19. The first-order valence-corrected chi connectivity index (χ1v) is 7.77. The van der Waals surface area contributed by atoms with Crippen LogP contribution in [0.25, 0.3) is 0 Å². The van der Waals surface area contributed by atoms with E-state index in [0.29, 0.717) is 19.3 Å². The van der Waals surface area contributed by atoms with Crippen LogP contribution in [0.5, 0.6) is 0 Å². The molecule has 0 aromatic carbocycles. The normalized spacial score (nSPS) is 36.5. The molecule has 5 N–H and O–H groups in total. The number of carbonyl (C=O) groups excluding carboxylic acids is 1. The van der Waals surface area contributed by atoms with Crippen molar-refractivity contribution >= 4 is 5.78 Å². The maximum atomic E-state index is 11.5. The van der Waals surface area contributed by atoms with Crippen LogP contribution in [0.15, 0.2) is 12.2 Å². The van der Waals surface area contributed by atoms with Crippen LogP contribution in [0.2, 0.25) is 0 Å². The quantitative estimate of drug-likeness (QED) is 0.337. The maximum absolute atomic E-state index is 11.5. The zero-order valence-electron chi connectivity index (χ0n) is 13.1. The van der Waals surface area contributed by atoms with Crippen molar-refractivity contribution in [2.45, 2.75) is 51.0 Å². The first kappa shape index (κ1) is 17.2. The average Bonchev–Trinajstić information content (AvgIpc) is 2.90. The zero-order valence-corrected chi connectivity index (χ0v) is 13.1. The second-order valence-corrected chi connectivity index (χ2v) is 6.62. The van der Waals surface area contributed by atoms with Crippen molar-refractivity contribution in [3.05, 3.63) is 12.2 Å². The van der Waals surface area contributed by atoms with E-state index in [4.69, 9.17) is 5.73 Å². The van der Waals surface area contributed by atoms with E-state index < -0.39 is 23.9 Å². The standard InChI is InChI=1S/C17H25NO4/c1-3-6-17(18,22)10(2)15(20)5-4-13-14-9-12(19)7-11(14)8-16(13)21/h4-5,10-11,13-16,20-22H,7-9,18H2,1-2H3. The molecular weight excluding hydrogens is 282 g/mol. The van der Waals surface area contributed by atoms with Gasteiger partial charge in [-0.1, -0.05) is 25.0 Å². The molecule has 0 aromatic heterocycles. The number of carbonyl (C=O) groups is 1. The Balaban J connectivity index is 2.04. The van der Waals surface area contributed by atoms with Gasteiger partial charge in [0, 0.05) is 24.7 Å². The van der Waals surface area contributed by atoms with Crippen molar-refractivity contribution in [1.29, 1.82) is 0 Å². The number of nitrogens with two attached hydrogens (primary N) is 1. The number of rotatable bonds is 4. The van der Waals surface area contributed by atoms with Crippen molar-refractivity contribution in [3.63, 3.8) is 0 Å². The molecule has 5 heteroatoms. The minimum atomic E-state index is -1.77. The second kappa shape index (κ2) is 6.51. The molecule has 7 atom stereocenters. The largest absolute Gasteiger partial charge is 0.392 e. The number of aliphatic hydroxyl groups is 3. The molecule has 7 unspecified atom stereocenters. The van der Waals surface area contributed by atoms with Crippen LogP contribution < -0.4 is 5.73 Å². The molecule has 2 aliphatic rings. The molecule has 2 aliphatic carbocycles. The fourth-order valence-corrected chi connectivity index (χ4v) is 3.67. The van der Waals surface area contributed by atoms with Crippen molar-refractivity contribution in [2.75, 3.05) is 0 Å². The Morgan fingerprint density at radius 1 is 1.45 bits per heavy atom. The third kappa shape index (κ3) is 3.41. The van der Waals surface area contributed by atoms with Crippen LogP contribution in [-0.2, 0) is 4.79 Å². The number of hydrogen-bond donors (Lipinski definition) is 4. The molecule has 0 amide bonds. The molecule has 0 aromatic rings. The van der Waals surface area contributed by atoms with Crippen LogP contribution in [0.1, 0.15) is 33.1 Å². The van der Waals surface area contributed by atoms with Gasteiger partial charge in [0.15, 0.2) is 5.72 Å². The summed E-state index contributed by atoms with van der Waals surface area (Å²) >= 11 is 0. The Morgan fingerprint density at radius 3 is 2.77 bits per heavy atom. The summed E-state index contributed by atoms with van der Waals surface area (Å²) in [5.74, 6) is 4.90. The molecule has 122 valence electrons. The van der Waals surface area contributed by atoms with Crippen molar-refractivity contribution in [3.8, 4) is 11.8 Å². The summed E-state index contributed by atoms with van der Waals surface area (Å²) in [5, 5.41) is 30.3. The molecule has 0 bridgehead atoms. The van der Waals surface area contributed by atoms with Crippen molar-refractivity contribution in [1.82, 2.24) is 0 Å². The highest BCUT2D eigenvalue weighted by Gasteiger charge is 2.46. The highest BCUT2D eigenvalue weighted by atomic mass is 16.3. The molecule has 0 spiro atoms. The van der Waals surface area contributed by atoms with E-state index in [1.54, 1.807) is 26.0 Å². The van der Waals surface area contributed by atoms with E-state index in [2.05, 4.69) is 11.8 Å². The lowest BCUT2D eigenvalue weighted by Crippen LogP contribution is -2.49. The molecule has 2 fully saturated rings. The molecule has 22 heavy (non-hydrogen) atoms. The van der Waals surface area contributed by atoms with Crippen LogP contribution in [0.3, 0.4) is 0 Å². The Morgan fingerprint density at radius 2 is 2.14 bits per heavy atom. The number of aliphatic hydroxyl groups excluding tert-OH is 2. The highest BCUT2D eigenvalue weighted by molar-refractivity contribution is 5.81. The van der Waals surface area contributed by atoms with Crippen molar-refractivity contribution in [2.24, 2.45) is 29.4 Å². The predicted octanol–water partition coefficient (Wildman–Crippen LogP) is 0.186. The summed E-state index contributed by atoms with van der Waals surface area (Å²) < 4.78 is 0. The first-order chi connectivity index (χ1) is 10.3. The minimum absolute atomic E-state index is 0.124. The number of hydrogen-bond acceptors (Lipinski definition) is 5. The van der Waals surface area contributed by atoms with Gasteiger partial charge in [-0.25, -0.2) is 0 Å². The smallest absolute Gasteiger partial charge is 0.182 e. The van der Waals surface area contributed by atoms with Gasteiger partial charge in [-0.3, -0.25) is 10.5 Å². The molecule has 0 saturated heterocycles. The Hall–Kier alpha value is -1.19. The SMILES string of the molecule is CC#CC(N)(O)C(C)C(O)C=CC1C(O)CC2CC(=O)CC21. The summed E-state index contributed by atoms with van der Waals surface area (Å²) in [4.78, 5) is 11.5. The van der Waals surface area contributed by atoms with E-state index in [1.165, 1.54) is 0 Å². The van der Waals surface area contributed by atoms with Gasteiger partial charge in [-0.2, -0.15) is 0 Å². The number of fused-ring (bicyclic) bond motifs is 1. The van der Waals surface area contributed by atoms with Crippen LogP contribution in [-0.4, -0.2) is 39.0 Å². The molecule has 2 rings (SSSR count). The second-order valence-electron chi connectivity index (χ2n) is 6.62. The van der Waals surface area contributed by atoms with Crippen LogP contribution in [0.4, 0.5) is 0 Å². The van der Waals surface area contributed by atoms with Crippen LogP contribution in [0, 0.1) is 35.5 Å². The third-order valence-electron chi connectivity index (χ3n) is 5.10. The van der Waals surface area contributed by atoms with E-state index in [9.17, 15) is 20.1 Å². The topological polar surface area (TPSA) is 104 Å². The fourth-order valence-electron chi connectivity index (χ4n) is 3.67. The summed E-state index contributed by atoms with van der Waals surface area (Å²) in [5.41, 5.74) is 3.92. The monoisotopic (exact) mass is 307 g/mol. The van der Waals surface area contributed by atoms with Crippen LogP contribution >= 0.6 is 0 Å². The fraction of sp³-hybridized carbons (Fsp3) is 0.706. The van der Waals surface area contributed by atoms with Gasteiger partial charge in [0.2, 0.25) is 0 Å². The van der Waals surface area contributed by atoms with Gasteiger partial charge in [0.05, 0.1) is 12.2 Å². The van der Waals surface area contributed by atoms with E-state index in [-0.39, 0.29) is 23.5 Å². The summed E-state index contributed by atoms with van der Waals surface area (Å²) in [6.07, 6.45) is 3.57. The number of Topliss-reactive ketones (excluding diaryl/α,β-unsaturated/α-hetero) is 1. The summed E-state index contributed by atoms with van der Waals surface area (Å²) in [6, 6.07) is 0. The van der Waals surface area contributed by atoms with Gasteiger partial charge >= 0.3 is 0 Å². The summed E-state index contributed by atoms with van der Waals surface area (Å²) in [7, 11) is 0. The van der Waals surface area contributed by atoms with Gasteiger partial charge in [0.25, 0.3) is 0 Å². The molecule has 5 nitrogen and oxygen atoms in total. The van der Waals surface area contributed by atoms with E-state index in [1.807, 2.05) is 0 Å². The molecule has 2 saturated carbocycles. The van der Waals surface area contributed by atoms with Gasteiger partial charge in [-0.15, -0.1) is 5.92 Å². The lowest BCUT2D eigenvalue weighted by Gasteiger charge is -2.27. The Kier molecular flexibility index (Phi) is 5.08. The maximum Gasteiger partial charge on any atom is 0.182 e. The minimum Gasteiger partial charge on any atom is -0.392 e. The Bertz CT molecular complexity index is 516. The lowest BCUT2D eigenvalue weighted by atomic mass is 9.88. The van der Waals surface area contributed by atoms with Crippen molar-refractivity contribution < 1.29 is 20.1 Å². The van der Waals surface area contributed by atoms with Gasteiger partial charge < -0.3 is 15.3 Å². The highest BCUT2D eigenvalue weighted by Crippen LogP contribution is 2.46. The lowest BCUT2D eigenvalue weighted by molar-refractivity contribution is -0.118. The number of ketones is 1. The first-order valence-electron chi connectivity index (χ1n) is 7.77. The predicted molar refractivity (Wildman–Crippen MR) is 82.2 cm³/mol. The average molecular weight is 307 g/mol.